The molecule has 1 aromatic heterocycles. The first-order valence-corrected chi connectivity index (χ1v) is 10.0. The van der Waals surface area contributed by atoms with Gasteiger partial charge in [-0.3, -0.25) is 4.68 Å². The molecule has 0 saturated heterocycles. The van der Waals surface area contributed by atoms with Crippen LogP contribution in [-0.4, -0.2) is 15.7 Å². The fourth-order valence-electron chi connectivity index (χ4n) is 5.23. The molecule has 0 amide bonds. The van der Waals surface area contributed by atoms with Gasteiger partial charge in [0.2, 0.25) is 0 Å². The van der Waals surface area contributed by atoms with E-state index < -0.39 is 23.7 Å². The molecule has 2 aliphatic carbocycles. The molecule has 1 fully saturated rings. The number of fused-ring (bicyclic) bond motifs is 5. The zero-order valence-corrected chi connectivity index (χ0v) is 16.5. The van der Waals surface area contributed by atoms with Crippen LogP contribution in [0.3, 0.4) is 0 Å². The number of ether oxygens (including phenoxy) is 1. The van der Waals surface area contributed by atoms with Gasteiger partial charge in [0.05, 0.1) is 0 Å². The maximum atomic E-state index is 13.4. The maximum absolute atomic E-state index is 13.4. The summed E-state index contributed by atoms with van der Waals surface area (Å²) in [5, 5.41) is 3.76. The molecule has 3 unspecified atom stereocenters. The number of hydrogen-bond acceptors (Lipinski definition) is 3. The Kier molecular flexibility index (Phi) is 4.76. The number of alkyl halides is 2. The average molecular weight is 388 g/mol. The quantitative estimate of drug-likeness (QED) is 0.621. The highest BCUT2D eigenvalue weighted by atomic mass is 19.3. The van der Waals surface area contributed by atoms with Crippen molar-refractivity contribution in [2.75, 3.05) is 0 Å². The Hall–Kier alpha value is -2.24. The zero-order valence-electron chi connectivity index (χ0n) is 16.5. The number of esters is 1. The summed E-state index contributed by atoms with van der Waals surface area (Å²) in [4.78, 5) is 13.0. The molecule has 28 heavy (non-hydrogen) atoms. The van der Waals surface area contributed by atoms with Crippen molar-refractivity contribution in [3.8, 4) is 0 Å². The van der Waals surface area contributed by atoms with Gasteiger partial charge in [-0.2, -0.15) is 5.10 Å². The Bertz CT molecular complexity index is 908. The summed E-state index contributed by atoms with van der Waals surface area (Å²) >= 11 is 0. The minimum atomic E-state index is -2.81. The molecule has 1 heterocycles. The molecule has 4 rings (SSSR count). The molecule has 3 atom stereocenters. The van der Waals surface area contributed by atoms with E-state index in [1.165, 1.54) is 23.5 Å². The van der Waals surface area contributed by atoms with Gasteiger partial charge in [0, 0.05) is 19.2 Å². The standard InChI is InChI=1S/C22H26F2N2O2/c1-4-5-6-17-15-9-10-22(17,18-11-13(2)7-8-14(15)18)28-21(27)16-12-26(3)25-19(16)20(23)24/h7-8,11-12,15,17,20H,4-6,9-10H2,1-3H3. The summed E-state index contributed by atoms with van der Waals surface area (Å²) in [6, 6.07) is 6.36. The number of hydrogen-bond donors (Lipinski definition) is 0. The highest BCUT2D eigenvalue weighted by Crippen LogP contribution is 2.63. The first-order valence-electron chi connectivity index (χ1n) is 10.0. The highest BCUT2D eigenvalue weighted by Gasteiger charge is 2.59. The SMILES string of the molecule is CCCCC1C2CCC1(OC(=O)c1cn(C)nc1C(F)F)c1cc(C)ccc12. The zero-order chi connectivity index (χ0) is 20.1. The van der Waals surface area contributed by atoms with Gasteiger partial charge in [0.25, 0.3) is 6.43 Å². The molecule has 0 radical (unpaired) electrons. The van der Waals surface area contributed by atoms with Gasteiger partial charge in [-0.25, -0.2) is 13.6 Å². The first kappa shape index (κ1) is 19.1. The molecule has 0 N–H and O–H groups in total. The lowest BCUT2D eigenvalue weighted by atomic mass is 9.84. The van der Waals surface area contributed by atoms with Gasteiger partial charge in [0.1, 0.15) is 16.9 Å². The molecular formula is C22H26F2N2O2. The van der Waals surface area contributed by atoms with E-state index in [2.05, 4.69) is 30.2 Å². The van der Waals surface area contributed by atoms with Gasteiger partial charge in [-0.05, 0) is 43.2 Å². The fourth-order valence-corrected chi connectivity index (χ4v) is 5.23. The monoisotopic (exact) mass is 388 g/mol. The molecule has 1 aromatic carbocycles. The first-order chi connectivity index (χ1) is 13.4. The number of nitrogens with zero attached hydrogens (tertiary/aromatic N) is 2. The summed E-state index contributed by atoms with van der Waals surface area (Å²) in [5.74, 6) is -0.113. The number of carbonyl (C=O) groups is 1. The molecule has 0 spiro atoms. The van der Waals surface area contributed by atoms with Crippen molar-refractivity contribution in [3.63, 3.8) is 0 Å². The Morgan fingerprint density at radius 2 is 2.21 bits per heavy atom. The van der Waals surface area contributed by atoms with E-state index in [-0.39, 0.29) is 11.5 Å². The average Bonchev–Trinajstić information content (AvgIpc) is 3.28. The van der Waals surface area contributed by atoms with Crippen LogP contribution in [0.25, 0.3) is 0 Å². The summed E-state index contributed by atoms with van der Waals surface area (Å²) < 4.78 is 34.1. The van der Waals surface area contributed by atoms with Crippen LogP contribution >= 0.6 is 0 Å². The molecule has 4 nitrogen and oxygen atoms in total. The number of carbonyl (C=O) groups excluding carboxylic acids is 1. The predicted molar refractivity (Wildman–Crippen MR) is 101 cm³/mol. The number of aromatic nitrogens is 2. The van der Waals surface area contributed by atoms with Crippen LogP contribution in [-0.2, 0) is 17.4 Å². The summed E-state index contributed by atoms with van der Waals surface area (Å²) in [6.07, 6.45) is 3.33. The van der Waals surface area contributed by atoms with Gasteiger partial charge in [0.15, 0.2) is 0 Å². The lowest BCUT2D eigenvalue weighted by Gasteiger charge is -2.33. The second kappa shape index (κ2) is 6.98. The molecule has 1 saturated carbocycles. The van der Waals surface area contributed by atoms with Gasteiger partial charge >= 0.3 is 5.97 Å². The normalized spacial score (nSPS) is 25.4. The van der Waals surface area contributed by atoms with Crippen LogP contribution in [0, 0.1) is 12.8 Å². The minimum absolute atomic E-state index is 0.134. The second-order valence-corrected chi connectivity index (χ2v) is 8.17. The number of rotatable bonds is 6. The molecule has 2 aromatic rings. The largest absolute Gasteiger partial charge is 0.450 e. The van der Waals surface area contributed by atoms with Crippen molar-refractivity contribution in [3.05, 3.63) is 52.3 Å². The van der Waals surface area contributed by atoms with E-state index in [4.69, 9.17) is 4.74 Å². The van der Waals surface area contributed by atoms with E-state index in [1.807, 2.05) is 6.92 Å². The van der Waals surface area contributed by atoms with Gasteiger partial charge in [-0.15, -0.1) is 0 Å². The van der Waals surface area contributed by atoms with Crippen LogP contribution in [0.4, 0.5) is 8.78 Å². The topological polar surface area (TPSA) is 44.1 Å². The number of benzene rings is 1. The third-order valence-corrected chi connectivity index (χ3v) is 6.40. The Balaban J connectivity index is 1.74. The van der Waals surface area contributed by atoms with Crippen molar-refractivity contribution in [1.82, 2.24) is 9.78 Å². The van der Waals surface area contributed by atoms with E-state index in [9.17, 15) is 13.6 Å². The van der Waals surface area contributed by atoms with Crippen molar-refractivity contribution < 1.29 is 18.3 Å². The molecule has 0 aliphatic heterocycles. The van der Waals surface area contributed by atoms with Crippen molar-refractivity contribution in [2.45, 2.75) is 63.9 Å². The Morgan fingerprint density at radius 3 is 2.93 bits per heavy atom. The van der Waals surface area contributed by atoms with Crippen LogP contribution in [0.2, 0.25) is 0 Å². The number of aryl methyl sites for hydroxylation is 2. The van der Waals surface area contributed by atoms with Gasteiger partial charge < -0.3 is 4.74 Å². The number of unbranched alkanes of at least 4 members (excludes halogenated alkanes) is 1. The molecule has 2 aliphatic rings. The molecular weight excluding hydrogens is 362 g/mol. The fraction of sp³-hybridized carbons (Fsp3) is 0.545. The third-order valence-electron chi connectivity index (χ3n) is 6.40. The predicted octanol–water partition coefficient (Wildman–Crippen LogP) is 5.42. The number of halogens is 2. The van der Waals surface area contributed by atoms with Crippen molar-refractivity contribution in [2.24, 2.45) is 13.0 Å². The van der Waals surface area contributed by atoms with Gasteiger partial charge in [-0.1, -0.05) is 43.5 Å². The third kappa shape index (κ3) is 2.85. The molecule has 150 valence electrons. The molecule has 2 bridgehead atoms. The second-order valence-electron chi connectivity index (χ2n) is 8.17. The lowest BCUT2D eigenvalue weighted by Crippen LogP contribution is -2.34. The van der Waals surface area contributed by atoms with E-state index in [0.717, 1.165) is 43.2 Å². The van der Waals surface area contributed by atoms with Crippen LogP contribution in [0.5, 0.6) is 0 Å². The Labute approximate surface area is 163 Å². The molecule has 6 heteroatoms. The van der Waals surface area contributed by atoms with Crippen LogP contribution < -0.4 is 0 Å². The van der Waals surface area contributed by atoms with Crippen LogP contribution in [0.1, 0.15) is 84.1 Å². The summed E-state index contributed by atoms with van der Waals surface area (Å²) in [7, 11) is 1.53. The van der Waals surface area contributed by atoms with E-state index in [1.54, 1.807) is 0 Å². The van der Waals surface area contributed by atoms with E-state index in [0.29, 0.717) is 5.92 Å². The van der Waals surface area contributed by atoms with E-state index >= 15 is 0 Å². The summed E-state index contributed by atoms with van der Waals surface area (Å²) in [6.45, 7) is 4.18. The van der Waals surface area contributed by atoms with Crippen molar-refractivity contribution in [1.29, 1.82) is 0 Å². The summed E-state index contributed by atoms with van der Waals surface area (Å²) in [5.41, 5.74) is 2.09. The maximum Gasteiger partial charge on any atom is 0.342 e. The lowest BCUT2D eigenvalue weighted by molar-refractivity contribution is -0.0418. The highest BCUT2D eigenvalue weighted by molar-refractivity contribution is 5.91. The van der Waals surface area contributed by atoms with Crippen LogP contribution in [0.15, 0.2) is 24.4 Å². The van der Waals surface area contributed by atoms with Crippen molar-refractivity contribution >= 4 is 5.97 Å². The minimum Gasteiger partial charge on any atom is -0.450 e. The Morgan fingerprint density at radius 1 is 1.43 bits per heavy atom. The smallest absolute Gasteiger partial charge is 0.342 e.